The van der Waals surface area contributed by atoms with Crippen LogP contribution in [-0.2, 0) is 14.3 Å². The van der Waals surface area contributed by atoms with Crippen molar-refractivity contribution < 1.29 is 14.3 Å². The molecule has 3 aliphatic heterocycles. The Labute approximate surface area is 117 Å². The molecule has 4 heteroatoms. The Morgan fingerprint density at radius 1 is 1.53 bits per heavy atom. The summed E-state index contributed by atoms with van der Waals surface area (Å²) in [6, 6.07) is 0. The van der Waals surface area contributed by atoms with E-state index in [0.717, 1.165) is 11.7 Å². The van der Waals surface area contributed by atoms with Crippen molar-refractivity contribution in [1.29, 1.82) is 0 Å². The number of ether oxygens (including phenoxy) is 2. The third kappa shape index (κ3) is 1.86. The zero-order valence-electron chi connectivity index (χ0n) is 12.5. The summed E-state index contributed by atoms with van der Waals surface area (Å²) < 4.78 is 11.8. The standard InChI is InChI=1S/C15H26O3S/c1-5-14(3,4)13(16)17-11(2)18-15-7-6-8-19(15)10-12(19)9-15/h11-12H,5-10H2,1-4H3. The van der Waals surface area contributed by atoms with Crippen molar-refractivity contribution in [3.63, 3.8) is 0 Å². The predicted octanol–water partition coefficient (Wildman–Crippen LogP) is 3.41. The number of hydrogen-bond donors (Lipinski definition) is 0. The molecule has 0 aliphatic carbocycles. The van der Waals surface area contributed by atoms with Crippen LogP contribution in [0.2, 0.25) is 0 Å². The third-order valence-corrected chi connectivity index (χ3v) is 10.6. The zero-order chi connectivity index (χ0) is 13.9. The Kier molecular flexibility index (Phi) is 2.99. The van der Waals surface area contributed by atoms with Crippen molar-refractivity contribution in [3.8, 4) is 0 Å². The molecule has 1 spiro atoms. The van der Waals surface area contributed by atoms with Crippen molar-refractivity contribution in [3.05, 3.63) is 0 Å². The highest BCUT2D eigenvalue weighted by atomic mass is 32.3. The van der Waals surface area contributed by atoms with Gasteiger partial charge in [-0.3, -0.25) is 4.79 Å². The van der Waals surface area contributed by atoms with E-state index in [0.29, 0.717) is 0 Å². The first-order chi connectivity index (χ1) is 8.85. The van der Waals surface area contributed by atoms with Crippen molar-refractivity contribution in [2.24, 2.45) is 5.41 Å². The lowest BCUT2D eigenvalue weighted by atomic mass is 9.91. The molecule has 0 N–H and O–H groups in total. The minimum absolute atomic E-state index is 0.132. The molecule has 19 heavy (non-hydrogen) atoms. The van der Waals surface area contributed by atoms with E-state index >= 15 is 0 Å². The Balaban J connectivity index is 1.58. The minimum Gasteiger partial charge on any atom is -0.436 e. The number of hydrogen-bond acceptors (Lipinski definition) is 3. The van der Waals surface area contributed by atoms with Gasteiger partial charge < -0.3 is 9.47 Å². The summed E-state index contributed by atoms with van der Waals surface area (Å²) in [6.45, 7) is 7.77. The lowest BCUT2D eigenvalue weighted by Crippen LogP contribution is -2.43. The molecule has 0 aromatic rings. The van der Waals surface area contributed by atoms with Gasteiger partial charge in [-0.2, -0.15) is 0 Å². The second-order valence-corrected chi connectivity index (χ2v) is 11.0. The van der Waals surface area contributed by atoms with E-state index in [-0.39, 0.29) is 17.2 Å². The fourth-order valence-corrected chi connectivity index (χ4v) is 9.04. The van der Waals surface area contributed by atoms with E-state index < -0.39 is 15.4 Å². The maximum atomic E-state index is 12.1. The molecule has 3 aliphatic rings. The molecule has 110 valence electrons. The molecular formula is C15H26O3S. The summed E-state index contributed by atoms with van der Waals surface area (Å²) >= 11 is 0. The number of esters is 1. The summed E-state index contributed by atoms with van der Waals surface area (Å²) in [7, 11) is -0.425. The van der Waals surface area contributed by atoms with Gasteiger partial charge in [-0.05, 0) is 58.0 Å². The molecule has 3 fully saturated rings. The Morgan fingerprint density at radius 2 is 2.26 bits per heavy atom. The average Bonchev–Trinajstić information content (AvgIpc) is 2.82. The summed E-state index contributed by atoms with van der Waals surface area (Å²) in [6.07, 6.45) is 4.13. The summed E-state index contributed by atoms with van der Waals surface area (Å²) in [5, 5.41) is 0.991. The fraction of sp³-hybridized carbons (Fsp3) is 0.933. The van der Waals surface area contributed by atoms with E-state index in [1.807, 2.05) is 27.7 Å². The highest BCUT2D eigenvalue weighted by Crippen LogP contribution is 2.91. The molecule has 3 saturated heterocycles. The normalized spacial score (nSPS) is 44.3. The summed E-state index contributed by atoms with van der Waals surface area (Å²) in [4.78, 5) is 12.2. The van der Waals surface area contributed by atoms with Gasteiger partial charge in [0.2, 0.25) is 6.29 Å². The van der Waals surface area contributed by atoms with Crippen LogP contribution in [0.1, 0.15) is 53.4 Å². The van der Waals surface area contributed by atoms with E-state index in [4.69, 9.17) is 9.47 Å². The zero-order valence-corrected chi connectivity index (χ0v) is 13.3. The predicted molar refractivity (Wildman–Crippen MR) is 78.4 cm³/mol. The van der Waals surface area contributed by atoms with E-state index in [1.54, 1.807) is 0 Å². The van der Waals surface area contributed by atoms with Gasteiger partial charge in [-0.15, -0.1) is 0 Å². The molecular weight excluding hydrogens is 260 g/mol. The van der Waals surface area contributed by atoms with Gasteiger partial charge in [-0.1, -0.05) is 6.92 Å². The van der Waals surface area contributed by atoms with Crippen LogP contribution in [-0.4, -0.2) is 33.9 Å². The first kappa shape index (κ1) is 13.7. The van der Waals surface area contributed by atoms with Gasteiger partial charge in [-0.25, -0.2) is 10.0 Å². The lowest BCUT2D eigenvalue weighted by molar-refractivity contribution is -0.201. The number of carbonyl (C=O) groups excluding carboxylic acids is 1. The largest absolute Gasteiger partial charge is 0.436 e. The molecule has 4 unspecified atom stereocenters. The minimum atomic E-state index is -0.425. The van der Waals surface area contributed by atoms with Gasteiger partial charge in [0.05, 0.1) is 5.41 Å². The molecule has 3 heterocycles. The highest BCUT2D eigenvalue weighted by Gasteiger charge is 2.75. The van der Waals surface area contributed by atoms with Crippen LogP contribution in [0.5, 0.6) is 0 Å². The molecule has 0 radical (unpaired) electrons. The van der Waals surface area contributed by atoms with Gasteiger partial charge in [0.15, 0.2) is 0 Å². The van der Waals surface area contributed by atoms with Crippen LogP contribution in [0, 0.1) is 5.41 Å². The molecule has 0 saturated carbocycles. The van der Waals surface area contributed by atoms with Gasteiger partial charge >= 0.3 is 5.97 Å². The van der Waals surface area contributed by atoms with Crippen molar-refractivity contribution >= 4 is 16.0 Å². The van der Waals surface area contributed by atoms with Crippen LogP contribution in [0.15, 0.2) is 0 Å². The van der Waals surface area contributed by atoms with E-state index in [9.17, 15) is 4.79 Å². The Hall–Kier alpha value is -0.220. The maximum Gasteiger partial charge on any atom is 0.313 e. The van der Waals surface area contributed by atoms with Crippen LogP contribution in [0.3, 0.4) is 0 Å². The Morgan fingerprint density at radius 3 is 2.84 bits per heavy atom. The molecule has 4 atom stereocenters. The fourth-order valence-electron chi connectivity index (χ4n) is 3.70. The maximum absolute atomic E-state index is 12.1. The smallest absolute Gasteiger partial charge is 0.313 e. The van der Waals surface area contributed by atoms with Crippen molar-refractivity contribution in [2.45, 2.75) is 69.9 Å². The summed E-state index contributed by atoms with van der Waals surface area (Å²) in [5.74, 6) is 2.69. The number of rotatable bonds is 5. The molecule has 3 rings (SSSR count). The second-order valence-electron chi connectivity index (χ2n) is 6.98. The molecule has 0 amide bonds. The SMILES string of the molecule is CCC(C)(C)C(=O)OC(C)OC12CCCS13CC3C2. The lowest BCUT2D eigenvalue weighted by Gasteiger charge is -2.49. The molecule has 0 aromatic carbocycles. The average molecular weight is 286 g/mol. The van der Waals surface area contributed by atoms with E-state index in [1.165, 1.54) is 30.8 Å². The van der Waals surface area contributed by atoms with Gasteiger partial charge in [0, 0.05) is 5.25 Å². The highest BCUT2D eigenvalue weighted by molar-refractivity contribution is 8.42. The number of carbonyl (C=O) groups is 1. The first-order valence-corrected chi connectivity index (χ1v) is 9.55. The topological polar surface area (TPSA) is 35.5 Å². The quantitative estimate of drug-likeness (QED) is 0.441. The first-order valence-electron chi connectivity index (χ1n) is 7.51. The van der Waals surface area contributed by atoms with Crippen LogP contribution in [0.25, 0.3) is 0 Å². The van der Waals surface area contributed by atoms with Gasteiger partial charge in [0.1, 0.15) is 4.93 Å². The third-order valence-electron chi connectivity index (χ3n) is 5.44. The van der Waals surface area contributed by atoms with Crippen LogP contribution in [0.4, 0.5) is 0 Å². The monoisotopic (exact) mass is 286 g/mol. The molecule has 0 bridgehead atoms. The van der Waals surface area contributed by atoms with Crippen molar-refractivity contribution in [2.75, 3.05) is 11.5 Å². The van der Waals surface area contributed by atoms with Crippen LogP contribution >= 0.6 is 10.0 Å². The Bertz CT molecular complexity index is 404. The summed E-state index contributed by atoms with van der Waals surface area (Å²) in [5.41, 5.74) is -0.406. The molecule has 0 aromatic heterocycles. The second kappa shape index (κ2) is 4.14. The van der Waals surface area contributed by atoms with Crippen molar-refractivity contribution in [1.82, 2.24) is 0 Å². The molecule has 3 nitrogen and oxygen atoms in total. The van der Waals surface area contributed by atoms with E-state index in [2.05, 4.69) is 0 Å². The van der Waals surface area contributed by atoms with Gasteiger partial charge in [0.25, 0.3) is 0 Å². The van der Waals surface area contributed by atoms with Crippen LogP contribution < -0.4 is 0 Å².